The lowest BCUT2D eigenvalue weighted by atomic mass is 10.1. The number of hydrogen-bond donors (Lipinski definition) is 1. The van der Waals surface area contributed by atoms with Gasteiger partial charge in [-0.15, -0.1) is 0 Å². The molecule has 1 aliphatic heterocycles. The van der Waals surface area contributed by atoms with Crippen LogP contribution >= 0.6 is 15.9 Å². The lowest BCUT2D eigenvalue weighted by Crippen LogP contribution is -2.27. The molecule has 6 nitrogen and oxygen atoms in total. The number of rotatable bonds is 7. The molecule has 7 heteroatoms. The highest BCUT2D eigenvalue weighted by Gasteiger charge is 2.14. The maximum absolute atomic E-state index is 12.2. The second-order valence-corrected chi connectivity index (χ2v) is 6.62. The Morgan fingerprint density at radius 2 is 1.85 bits per heavy atom. The molecule has 3 rings (SSSR count). The summed E-state index contributed by atoms with van der Waals surface area (Å²) in [6.45, 7) is 0.805. The first-order valence-corrected chi connectivity index (χ1v) is 8.95. The van der Waals surface area contributed by atoms with Crippen molar-refractivity contribution in [2.24, 2.45) is 0 Å². The Hall–Kier alpha value is -2.41. The number of fused-ring (bicyclic) bond motifs is 1. The summed E-state index contributed by atoms with van der Waals surface area (Å²) in [7, 11) is 3.15. The van der Waals surface area contributed by atoms with Crippen LogP contribution in [0.15, 0.2) is 34.8 Å². The monoisotopic (exact) mass is 421 g/mol. The van der Waals surface area contributed by atoms with E-state index in [-0.39, 0.29) is 19.1 Å². The first-order valence-electron chi connectivity index (χ1n) is 8.16. The number of nitrogens with one attached hydrogen (secondary N) is 1. The predicted octanol–water partition coefficient (Wildman–Crippen LogP) is 3.10. The standard InChI is InChI=1S/C19H20BrNO5/c1-23-16-8-13(14(20)10-17(16)24-2)9-19(22)21-6-5-12-3-4-15-18(7-12)26-11-25-15/h3-4,7-8,10H,5-6,9,11H2,1-2H3,(H,21,22). The normalized spacial score (nSPS) is 12.0. The summed E-state index contributed by atoms with van der Waals surface area (Å²) in [4.78, 5) is 12.2. The molecule has 0 bridgehead atoms. The second-order valence-electron chi connectivity index (χ2n) is 5.76. The average Bonchev–Trinajstić information content (AvgIpc) is 3.10. The zero-order chi connectivity index (χ0) is 18.5. The maximum atomic E-state index is 12.2. The molecule has 1 aliphatic rings. The third-order valence-electron chi connectivity index (χ3n) is 4.08. The maximum Gasteiger partial charge on any atom is 0.231 e. The minimum atomic E-state index is -0.0568. The molecular weight excluding hydrogens is 402 g/mol. The van der Waals surface area contributed by atoms with Crippen molar-refractivity contribution in [2.45, 2.75) is 12.8 Å². The largest absolute Gasteiger partial charge is 0.493 e. The van der Waals surface area contributed by atoms with E-state index >= 15 is 0 Å². The molecule has 138 valence electrons. The quantitative estimate of drug-likeness (QED) is 0.743. The Kier molecular flexibility index (Phi) is 5.88. The molecule has 0 atom stereocenters. The Labute approximate surface area is 160 Å². The Balaban J connectivity index is 1.54. The first-order chi connectivity index (χ1) is 12.6. The Bertz CT molecular complexity index is 809. The smallest absolute Gasteiger partial charge is 0.231 e. The molecule has 2 aromatic rings. The van der Waals surface area contributed by atoms with Crippen molar-refractivity contribution >= 4 is 21.8 Å². The van der Waals surface area contributed by atoms with Gasteiger partial charge in [-0.25, -0.2) is 0 Å². The zero-order valence-corrected chi connectivity index (χ0v) is 16.2. The van der Waals surface area contributed by atoms with Crippen LogP contribution in [0, 0.1) is 0 Å². The Morgan fingerprint density at radius 3 is 2.62 bits per heavy atom. The van der Waals surface area contributed by atoms with Crippen LogP contribution in [0.3, 0.4) is 0 Å². The number of carbonyl (C=O) groups is 1. The topological polar surface area (TPSA) is 66.0 Å². The minimum Gasteiger partial charge on any atom is -0.493 e. The van der Waals surface area contributed by atoms with E-state index in [4.69, 9.17) is 18.9 Å². The fourth-order valence-electron chi connectivity index (χ4n) is 2.71. The summed E-state index contributed by atoms with van der Waals surface area (Å²) < 4.78 is 22.0. The van der Waals surface area contributed by atoms with Gasteiger partial charge < -0.3 is 24.3 Å². The van der Waals surface area contributed by atoms with Crippen LogP contribution in [0.25, 0.3) is 0 Å². The molecule has 26 heavy (non-hydrogen) atoms. The van der Waals surface area contributed by atoms with Crippen molar-refractivity contribution < 1.29 is 23.7 Å². The van der Waals surface area contributed by atoms with Gasteiger partial charge in [0.1, 0.15) is 0 Å². The van der Waals surface area contributed by atoms with Crippen molar-refractivity contribution in [1.29, 1.82) is 0 Å². The molecule has 1 heterocycles. The SMILES string of the molecule is COc1cc(Br)c(CC(=O)NCCc2ccc3c(c2)OCO3)cc1OC. The molecule has 0 fully saturated rings. The lowest BCUT2D eigenvalue weighted by molar-refractivity contribution is -0.120. The van der Waals surface area contributed by atoms with Gasteiger partial charge in [-0.2, -0.15) is 0 Å². The zero-order valence-electron chi connectivity index (χ0n) is 14.6. The van der Waals surface area contributed by atoms with E-state index in [2.05, 4.69) is 21.2 Å². The van der Waals surface area contributed by atoms with Crippen molar-refractivity contribution in [1.82, 2.24) is 5.32 Å². The fourth-order valence-corrected chi connectivity index (χ4v) is 3.17. The van der Waals surface area contributed by atoms with Gasteiger partial charge in [-0.3, -0.25) is 4.79 Å². The van der Waals surface area contributed by atoms with Crippen LogP contribution in [0.4, 0.5) is 0 Å². The number of ether oxygens (including phenoxy) is 4. The Morgan fingerprint density at radius 1 is 1.12 bits per heavy atom. The molecule has 0 saturated carbocycles. The van der Waals surface area contributed by atoms with Crippen LogP contribution in [0.2, 0.25) is 0 Å². The van der Waals surface area contributed by atoms with E-state index in [9.17, 15) is 4.79 Å². The van der Waals surface area contributed by atoms with Gasteiger partial charge in [0.15, 0.2) is 23.0 Å². The van der Waals surface area contributed by atoms with Crippen molar-refractivity contribution in [3.8, 4) is 23.0 Å². The third kappa shape index (κ3) is 4.22. The number of amides is 1. The van der Waals surface area contributed by atoms with Gasteiger partial charge in [0, 0.05) is 11.0 Å². The summed E-state index contributed by atoms with van der Waals surface area (Å²) in [6, 6.07) is 9.42. The van der Waals surface area contributed by atoms with E-state index < -0.39 is 0 Å². The van der Waals surface area contributed by atoms with Gasteiger partial charge in [0.05, 0.1) is 20.6 Å². The summed E-state index contributed by atoms with van der Waals surface area (Å²) in [5.74, 6) is 2.67. The minimum absolute atomic E-state index is 0.0568. The van der Waals surface area contributed by atoms with E-state index in [0.29, 0.717) is 18.0 Å². The molecule has 0 unspecified atom stereocenters. The van der Waals surface area contributed by atoms with Crippen LogP contribution in [-0.4, -0.2) is 33.5 Å². The molecule has 0 aliphatic carbocycles. The molecule has 1 N–H and O–H groups in total. The number of benzene rings is 2. The summed E-state index contributed by atoms with van der Waals surface area (Å²) in [5, 5.41) is 2.94. The fraction of sp³-hybridized carbons (Fsp3) is 0.316. The van der Waals surface area contributed by atoms with Gasteiger partial charge >= 0.3 is 0 Å². The lowest BCUT2D eigenvalue weighted by Gasteiger charge is -2.12. The number of halogens is 1. The van der Waals surface area contributed by atoms with Gasteiger partial charge in [0.25, 0.3) is 0 Å². The van der Waals surface area contributed by atoms with E-state index in [1.165, 1.54) is 0 Å². The van der Waals surface area contributed by atoms with E-state index in [1.54, 1.807) is 26.4 Å². The summed E-state index contributed by atoms with van der Waals surface area (Å²) in [6.07, 6.45) is 0.970. The molecule has 0 spiro atoms. The van der Waals surface area contributed by atoms with Crippen molar-refractivity contribution in [3.05, 3.63) is 45.9 Å². The highest BCUT2D eigenvalue weighted by atomic mass is 79.9. The highest BCUT2D eigenvalue weighted by Crippen LogP contribution is 2.34. The summed E-state index contributed by atoms with van der Waals surface area (Å²) in [5.41, 5.74) is 1.92. The molecule has 2 aromatic carbocycles. The van der Waals surface area contributed by atoms with Crippen LogP contribution in [-0.2, 0) is 17.6 Å². The molecule has 1 amide bonds. The number of hydrogen-bond acceptors (Lipinski definition) is 5. The van der Waals surface area contributed by atoms with Gasteiger partial charge in [-0.1, -0.05) is 22.0 Å². The van der Waals surface area contributed by atoms with Crippen molar-refractivity contribution in [3.63, 3.8) is 0 Å². The molecular formula is C19H20BrNO5. The molecule has 0 saturated heterocycles. The van der Waals surface area contributed by atoms with E-state index in [1.807, 2.05) is 18.2 Å². The number of carbonyl (C=O) groups excluding carboxylic acids is 1. The third-order valence-corrected chi connectivity index (χ3v) is 4.81. The highest BCUT2D eigenvalue weighted by molar-refractivity contribution is 9.10. The van der Waals surface area contributed by atoms with Gasteiger partial charge in [-0.05, 0) is 41.8 Å². The molecule has 0 radical (unpaired) electrons. The van der Waals surface area contributed by atoms with Crippen molar-refractivity contribution in [2.75, 3.05) is 27.6 Å². The van der Waals surface area contributed by atoms with Crippen LogP contribution in [0.5, 0.6) is 23.0 Å². The van der Waals surface area contributed by atoms with Crippen LogP contribution < -0.4 is 24.3 Å². The number of methoxy groups -OCH3 is 2. The van der Waals surface area contributed by atoms with Crippen LogP contribution in [0.1, 0.15) is 11.1 Å². The average molecular weight is 422 g/mol. The summed E-state index contributed by atoms with van der Waals surface area (Å²) >= 11 is 3.47. The molecule has 0 aromatic heterocycles. The van der Waals surface area contributed by atoms with E-state index in [0.717, 1.165) is 33.5 Å². The predicted molar refractivity (Wildman–Crippen MR) is 100 cm³/mol. The van der Waals surface area contributed by atoms with Gasteiger partial charge in [0.2, 0.25) is 12.7 Å². The second kappa shape index (κ2) is 8.31. The first kappa shape index (κ1) is 18.4.